The molecule has 0 aliphatic rings. The fraction of sp³-hybridized carbons (Fsp3) is 0.107. The highest BCUT2D eigenvalue weighted by Crippen LogP contribution is 2.29. The number of anilines is 1. The third-order valence-electron chi connectivity index (χ3n) is 5.65. The van der Waals surface area contributed by atoms with E-state index in [1.165, 1.54) is 14.2 Å². The molecule has 0 aliphatic carbocycles. The van der Waals surface area contributed by atoms with Crippen molar-refractivity contribution in [2.75, 3.05) is 19.5 Å². The Labute approximate surface area is 208 Å². The Hall–Kier alpha value is -4.85. The molecule has 0 aliphatic heterocycles. The molecule has 4 aromatic rings. The summed E-state index contributed by atoms with van der Waals surface area (Å²) < 4.78 is 10.5. The van der Waals surface area contributed by atoms with E-state index in [-0.39, 0.29) is 17.2 Å². The van der Waals surface area contributed by atoms with Crippen molar-refractivity contribution < 1.29 is 24.2 Å². The zero-order chi connectivity index (χ0) is 25.7. The minimum absolute atomic E-state index is 0.0988. The van der Waals surface area contributed by atoms with E-state index in [1.807, 2.05) is 18.2 Å². The first kappa shape index (κ1) is 24.3. The van der Waals surface area contributed by atoms with Gasteiger partial charge in [-0.25, -0.2) is 5.43 Å². The van der Waals surface area contributed by atoms with Gasteiger partial charge >= 0.3 is 0 Å². The highest BCUT2D eigenvalue weighted by molar-refractivity contribution is 6.07. The molecule has 4 rings (SSSR count). The van der Waals surface area contributed by atoms with Crippen molar-refractivity contribution in [2.24, 2.45) is 5.10 Å². The van der Waals surface area contributed by atoms with E-state index in [9.17, 15) is 14.7 Å². The molecule has 0 unspecified atom stereocenters. The van der Waals surface area contributed by atoms with Gasteiger partial charge in [0.05, 0.1) is 25.5 Å². The number of hydrogen-bond acceptors (Lipinski definition) is 6. The van der Waals surface area contributed by atoms with Crippen molar-refractivity contribution in [1.29, 1.82) is 0 Å². The number of rotatable bonds is 7. The standard InChI is InChI=1S/C28H25N3O5/c1-17(30-31-28(34)23-13-11-18-7-4-5-10-22(18)26(23)32)19-8-6-9-21(15-19)29-27(33)20-12-14-24(35-2)25(16-20)36-3/h4-16,32H,1-3H3,(H,29,33)(H,31,34). The molecule has 0 atom stereocenters. The Morgan fingerprint density at radius 2 is 1.58 bits per heavy atom. The van der Waals surface area contributed by atoms with Crippen LogP contribution in [0.15, 0.2) is 84.0 Å². The van der Waals surface area contributed by atoms with Crippen LogP contribution in [0.4, 0.5) is 5.69 Å². The van der Waals surface area contributed by atoms with Gasteiger partial charge in [0, 0.05) is 16.6 Å². The van der Waals surface area contributed by atoms with Gasteiger partial charge in [-0.1, -0.05) is 42.5 Å². The molecule has 0 radical (unpaired) electrons. The Bertz CT molecular complexity index is 1480. The second-order valence-corrected chi connectivity index (χ2v) is 7.93. The van der Waals surface area contributed by atoms with E-state index in [4.69, 9.17) is 9.47 Å². The molecule has 0 aromatic heterocycles. The van der Waals surface area contributed by atoms with Gasteiger partial charge < -0.3 is 19.9 Å². The minimum Gasteiger partial charge on any atom is -0.506 e. The number of fused-ring (bicyclic) bond motifs is 1. The summed E-state index contributed by atoms with van der Waals surface area (Å²) in [5, 5.41) is 19.0. The van der Waals surface area contributed by atoms with Crippen LogP contribution in [0.5, 0.6) is 17.2 Å². The van der Waals surface area contributed by atoms with E-state index in [2.05, 4.69) is 15.8 Å². The molecule has 0 heterocycles. The van der Waals surface area contributed by atoms with Gasteiger partial charge in [0.25, 0.3) is 11.8 Å². The lowest BCUT2D eigenvalue weighted by Gasteiger charge is -2.11. The fourth-order valence-corrected chi connectivity index (χ4v) is 3.70. The molecule has 0 bridgehead atoms. The number of carbonyl (C=O) groups excluding carboxylic acids is 2. The molecule has 0 saturated carbocycles. The molecular weight excluding hydrogens is 458 g/mol. The van der Waals surface area contributed by atoms with E-state index >= 15 is 0 Å². The first-order chi connectivity index (χ1) is 17.4. The van der Waals surface area contributed by atoms with Gasteiger partial charge in [0.15, 0.2) is 11.5 Å². The number of methoxy groups -OCH3 is 2. The second-order valence-electron chi connectivity index (χ2n) is 7.93. The van der Waals surface area contributed by atoms with E-state index in [1.54, 1.807) is 67.6 Å². The van der Waals surface area contributed by atoms with Gasteiger partial charge in [-0.2, -0.15) is 5.10 Å². The number of hydrazone groups is 1. The number of amides is 2. The number of nitrogens with one attached hydrogen (secondary N) is 2. The topological polar surface area (TPSA) is 109 Å². The highest BCUT2D eigenvalue weighted by atomic mass is 16.5. The maximum atomic E-state index is 12.7. The van der Waals surface area contributed by atoms with Crippen LogP contribution < -0.4 is 20.2 Å². The lowest BCUT2D eigenvalue weighted by Crippen LogP contribution is -2.19. The van der Waals surface area contributed by atoms with Crippen molar-refractivity contribution >= 4 is 34.0 Å². The summed E-state index contributed by atoms with van der Waals surface area (Å²) in [5.41, 5.74) is 4.80. The molecule has 2 amide bonds. The summed E-state index contributed by atoms with van der Waals surface area (Å²) >= 11 is 0. The van der Waals surface area contributed by atoms with Crippen LogP contribution in [0.3, 0.4) is 0 Å². The normalized spacial score (nSPS) is 11.1. The van der Waals surface area contributed by atoms with Crippen LogP contribution in [-0.2, 0) is 0 Å². The van der Waals surface area contributed by atoms with Crippen LogP contribution >= 0.6 is 0 Å². The smallest absolute Gasteiger partial charge is 0.275 e. The summed E-state index contributed by atoms with van der Waals surface area (Å²) in [5.74, 6) is 0.0358. The zero-order valence-electron chi connectivity index (χ0n) is 20.0. The molecule has 0 fully saturated rings. The molecule has 3 N–H and O–H groups in total. The number of phenols is 1. The summed E-state index contributed by atoms with van der Waals surface area (Å²) in [4.78, 5) is 25.4. The van der Waals surface area contributed by atoms with Crippen LogP contribution in [0.25, 0.3) is 10.8 Å². The van der Waals surface area contributed by atoms with Gasteiger partial charge in [-0.3, -0.25) is 9.59 Å². The largest absolute Gasteiger partial charge is 0.506 e. The Morgan fingerprint density at radius 1 is 0.806 bits per heavy atom. The molecule has 0 spiro atoms. The predicted molar refractivity (Wildman–Crippen MR) is 139 cm³/mol. The van der Waals surface area contributed by atoms with Crippen LogP contribution in [-0.4, -0.2) is 36.9 Å². The highest BCUT2D eigenvalue weighted by Gasteiger charge is 2.14. The molecule has 4 aromatic carbocycles. The molecule has 182 valence electrons. The summed E-state index contributed by atoms with van der Waals surface area (Å²) in [7, 11) is 3.03. The number of hydrogen-bond donors (Lipinski definition) is 3. The summed E-state index contributed by atoms with van der Waals surface area (Å²) in [6.45, 7) is 1.73. The Kier molecular flexibility index (Phi) is 7.15. The third kappa shape index (κ3) is 5.12. The number of carbonyl (C=O) groups is 2. The quantitative estimate of drug-likeness (QED) is 0.254. The van der Waals surface area contributed by atoms with Gasteiger partial charge in [-0.05, 0) is 54.3 Å². The number of phenolic OH excluding ortho intramolecular Hbond substituents is 1. The maximum absolute atomic E-state index is 12.7. The van der Waals surface area contributed by atoms with Crippen LogP contribution in [0.1, 0.15) is 33.2 Å². The SMILES string of the molecule is COc1ccc(C(=O)Nc2cccc(C(C)=NNC(=O)c3ccc4ccccc4c3O)c2)cc1OC. The average Bonchev–Trinajstić information content (AvgIpc) is 2.91. The number of benzene rings is 4. The lowest BCUT2D eigenvalue weighted by molar-refractivity contribution is 0.0951. The molecule has 8 nitrogen and oxygen atoms in total. The maximum Gasteiger partial charge on any atom is 0.275 e. The van der Waals surface area contributed by atoms with Crippen molar-refractivity contribution in [1.82, 2.24) is 5.43 Å². The van der Waals surface area contributed by atoms with Crippen molar-refractivity contribution in [3.8, 4) is 17.2 Å². The van der Waals surface area contributed by atoms with Gasteiger partial charge in [-0.15, -0.1) is 0 Å². The second kappa shape index (κ2) is 10.6. The van der Waals surface area contributed by atoms with Gasteiger partial charge in [0.2, 0.25) is 0 Å². The number of ether oxygens (including phenoxy) is 2. The molecular formula is C28H25N3O5. The Morgan fingerprint density at radius 3 is 2.36 bits per heavy atom. The van der Waals surface area contributed by atoms with Crippen molar-refractivity contribution in [3.63, 3.8) is 0 Å². The van der Waals surface area contributed by atoms with Gasteiger partial charge in [0.1, 0.15) is 5.75 Å². The number of aromatic hydroxyl groups is 1. The third-order valence-corrected chi connectivity index (χ3v) is 5.65. The average molecular weight is 484 g/mol. The van der Waals surface area contributed by atoms with E-state index in [0.717, 1.165) is 5.39 Å². The summed E-state index contributed by atoms with van der Waals surface area (Å²) in [6.07, 6.45) is 0. The van der Waals surface area contributed by atoms with Crippen molar-refractivity contribution in [3.05, 3.63) is 95.6 Å². The first-order valence-corrected chi connectivity index (χ1v) is 11.1. The van der Waals surface area contributed by atoms with E-state index in [0.29, 0.717) is 39.4 Å². The van der Waals surface area contributed by atoms with Crippen LogP contribution in [0, 0.1) is 0 Å². The minimum atomic E-state index is -0.532. The Balaban J connectivity index is 1.48. The zero-order valence-corrected chi connectivity index (χ0v) is 20.0. The fourth-order valence-electron chi connectivity index (χ4n) is 3.70. The molecule has 0 saturated heterocycles. The summed E-state index contributed by atoms with van der Waals surface area (Å²) in [6, 6.07) is 22.6. The van der Waals surface area contributed by atoms with Crippen LogP contribution in [0.2, 0.25) is 0 Å². The monoisotopic (exact) mass is 483 g/mol. The predicted octanol–water partition coefficient (Wildman–Crippen LogP) is 4.97. The van der Waals surface area contributed by atoms with Crippen molar-refractivity contribution in [2.45, 2.75) is 6.92 Å². The first-order valence-electron chi connectivity index (χ1n) is 11.1. The molecule has 8 heteroatoms. The lowest BCUT2D eigenvalue weighted by atomic mass is 10.1. The molecule has 36 heavy (non-hydrogen) atoms. The van der Waals surface area contributed by atoms with E-state index < -0.39 is 5.91 Å². The number of nitrogens with zero attached hydrogens (tertiary/aromatic N) is 1.